The van der Waals surface area contributed by atoms with Crippen molar-refractivity contribution in [1.29, 1.82) is 0 Å². The van der Waals surface area contributed by atoms with Gasteiger partial charge in [-0.2, -0.15) is 0 Å². The number of aliphatic hydroxyl groups excluding tert-OH is 1. The zero-order valence-corrected chi connectivity index (χ0v) is 12.1. The summed E-state index contributed by atoms with van der Waals surface area (Å²) in [5.74, 6) is 1.74. The lowest BCUT2D eigenvalue weighted by Gasteiger charge is -2.28. The number of ether oxygens (including phenoxy) is 1. The third-order valence-corrected chi connectivity index (χ3v) is 5.63. The Labute approximate surface area is 118 Å². The fourth-order valence-corrected chi connectivity index (χ4v) is 4.60. The second-order valence-corrected chi connectivity index (χ2v) is 6.69. The molecule has 0 radical (unpaired) electrons. The number of fused-ring (bicyclic) bond motifs is 1. The number of aliphatic hydroxyl groups is 1. The molecule has 1 aromatic heterocycles. The molecule has 110 valence electrons. The fourth-order valence-electron chi connectivity index (χ4n) is 4.60. The van der Waals surface area contributed by atoms with Gasteiger partial charge >= 0.3 is 0 Å². The molecule has 3 aliphatic heterocycles. The topological polar surface area (TPSA) is 58.7 Å². The van der Waals surface area contributed by atoms with E-state index in [-0.39, 0.29) is 12.2 Å². The van der Waals surface area contributed by atoms with Gasteiger partial charge < -0.3 is 14.4 Å². The van der Waals surface area contributed by atoms with Gasteiger partial charge in [0.2, 0.25) is 0 Å². The van der Waals surface area contributed by atoms with Crippen LogP contribution in [0.3, 0.4) is 0 Å². The quantitative estimate of drug-likeness (QED) is 0.902. The van der Waals surface area contributed by atoms with Crippen LogP contribution in [0.4, 0.5) is 0 Å². The Morgan fingerprint density at radius 2 is 2.30 bits per heavy atom. The summed E-state index contributed by atoms with van der Waals surface area (Å²) in [4.78, 5) is 2.45. The summed E-state index contributed by atoms with van der Waals surface area (Å²) in [6.07, 6.45) is 2.56. The molecule has 5 nitrogen and oxygen atoms in total. The van der Waals surface area contributed by atoms with Gasteiger partial charge in [0, 0.05) is 43.6 Å². The van der Waals surface area contributed by atoms with Gasteiger partial charge in [-0.1, -0.05) is 5.16 Å². The third-order valence-electron chi connectivity index (χ3n) is 5.63. The molecule has 5 heteroatoms. The average molecular weight is 278 g/mol. The van der Waals surface area contributed by atoms with Crippen LogP contribution in [0.1, 0.15) is 29.9 Å². The Balaban J connectivity index is 1.54. The van der Waals surface area contributed by atoms with Crippen LogP contribution in [-0.2, 0) is 11.3 Å². The zero-order valence-electron chi connectivity index (χ0n) is 12.1. The Hall–Kier alpha value is -0.910. The summed E-state index contributed by atoms with van der Waals surface area (Å²) in [6, 6.07) is 0. The highest BCUT2D eigenvalue weighted by Crippen LogP contribution is 2.54. The fraction of sp³-hybridized carbons (Fsp3) is 0.800. The number of rotatable bonds is 3. The van der Waals surface area contributed by atoms with Gasteiger partial charge in [-0.15, -0.1) is 0 Å². The number of hydrogen-bond acceptors (Lipinski definition) is 5. The Morgan fingerprint density at radius 3 is 3.00 bits per heavy atom. The Bertz CT molecular complexity index is 510. The summed E-state index contributed by atoms with van der Waals surface area (Å²) >= 11 is 0. The van der Waals surface area contributed by atoms with Crippen LogP contribution in [0.15, 0.2) is 4.52 Å². The first-order chi connectivity index (χ1) is 9.63. The van der Waals surface area contributed by atoms with Crippen molar-refractivity contribution in [3.63, 3.8) is 0 Å². The van der Waals surface area contributed by atoms with E-state index in [0.29, 0.717) is 17.9 Å². The highest BCUT2D eigenvalue weighted by Gasteiger charge is 2.62. The van der Waals surface area contributed by atoms with Gasteiger partial charge in [-0.3, -0.25) is 4.90 Å². The van der Waals surface area contributed by atoms with E-state index in [2.05, 4.69) is 10.1 Å². The van der Waals surface area contributed by atoms with Gasteiger partial charge in [0.15, 0.2) is 0 Å². The van der Waals surface area contributed by atoms with Gasteiger partial charge in [0.05, 0.1) is 17.4 Å². The van der Waals surface area contributed by atoms with E-state index in [1.54, 1.807) is 0 Å². The van der Waals surface area contributed by atoms with Crippen molar-refractivity contribution in [3.05, 3.63) is 17.0 Å². The van der Waals surface area contributed by atoms with E-state index >= 15 is 0 Å². The van der Waals surface area contributed by atoms with Gasteiger partial charge in [0.25, 0.3) is 0 Å². The van der Waals surface area contributed by atoms with Gasteiger partial charge in [0.1, 0.15) is 5.76 Å². The van der Waals surface area contributed by atoms with Crippen LogP contribution in [0.2, 0.25) is 0 Å². The number of hydrogen-bond donors (Lipinski definition) is 1. The molecule has 2 bridgehead atoms. The summed E-state index contributed by atoms with van der Waals surface area (Å²) in [7, 11) is 0. The molecule has 1 aromatic rings. The molecule has 3 fully saturated rings. The van der Waals surface area contributed by atoms with Crippen molar-refractivity contribution in [2.45, 2.75) is 44.9 Å². The second kappa shape index (κ2) is 4.29. The number of likely N-dealkylation sites (tertiary alicyclic amines) is 1. The number of nitrogens with zero attached hydrogens (tertiary/aromatic N) is 2. The molecule has 1 N–H and O–H groups in total. The van der Waals surface area contributed by atoms with Crippen LogP contribution < -0.4 is 0 Å². The van der Waals surface area contributed by atoms with Crippen LogP contribution in [-0.4, -0.2) is 46.6 Å². The minimum absolute atomic E-state index is 0.0109. The van der Waals surface area contributed by atoms with Gasteiger partial charge in [-0.05, 0) is 26.7 Å². The van der Waals surface area contributed by atoms with E-state index < -0.39 is 0 Å². The van der Waals surface area contributed by atoms with E-state index in [9.17, 15) is 5.11 Å². The largest absolute Gasteiger partial charge is 0.396 e. The molecule has 0 unspecified atom stereocenters. The van der Waals surface area contributed by atoms with Crippen molar-refractivity contribution < 1.29 is 14.4 Å². The molecule has 0 aromatic carbocycles. The maximum absolute atomic E-state index is 9.64. The molecular formula is C15H22N2O3. The third kappa shape index (κ3) is 1.63. The van der Waals surface area contributed by atoms with Crippen molar-refractivity contribution in [1.82, 2.24) is 10.1 Å². The molecule has 1 spiro atoms. The lowest BCUT2D eigenvalue weighted by atomic mass is 9.74. The van der Waals surface area contributed by atoms with Crippen molar-refractivity contribution >= 4 is 0 Å². The zero-order chi connectivity index (χ0) is 13.9. The summed E-state index contributed by atoms with van der Waals surface area (Å²) in [5, 5.41) is 13.7. The Kier molecular flexibility index (Phi) is 2.75. The first kappa shape index (κ1) is 12.8. The highest BCUT2D eigenvalue weighted by molar-refractivity contribution is 5.22. The van der Waals surface area contributed by atoms with E-state index in [0.717, 1.165) is 43.9 Å². The predicted octanol–water partition coefficient (Wildman–Crippen LogP) is 1.26. The predicted molar refractivity (Wildman–Crippen MR) is 72.2 cm³/mol. The smallest absolute Gasteiger partial charge is 0.138 e. The molecule has 3 aliphatic rings. The lowest BCUT2D eigenvalue weighted by Crippen LogP contribution is -2.37. The van der Waals surface area contributed by atoms with Crippen LogP contribution in [0, 0.1) is 25.7 Å². The number of aryl methyl sites for hydroxylation is 2. The summed E-state index contributed by atoms with van der Waals surface area (Å²) in [5.41, 5.74) is 2.20. The number of aromatic nitrogens is 1. The van der Waals surface area contributed by atoms with Crippen LogP contribution in [0.5, 0.6) is 0 Å². The maximum Gasteiger partial charge on any atom is 0.138 e. The summed E-state index contributed by atoms with van der Waals surface area (Å²) < 4.78 is 11.5. The molecule has 4 rings (SSSR count). The summed E-state index contributed by atoms with van der Waals surface area (Å²) in [6.45, 7) is 7.12. The first-order valence-corrected chi connectivity index (χ1v) is 7.56. The molecule has 0 aliphatic carbocycles. The van der Waals surface area contributed by atoms with Crippen LogP contribution >= 0.6 is 0 Å². The normalized spacial score (nSPS) is 39.6. The standard InChI is InChI=1S/C15H22N2O3/c1-9-11(10(2)20-16-9)5-17-6-13-12(7-18)14-3-4-15(13,8-17)19-14/h12-14,18H,3-8H2,1-2H3/t12-,13+,14+,15+/m1/s1. The van der Waals surface area contributed by atoms with E-state index in [1.165, 1.54) is 5.56 Å². The molecule has 4 atom stereocenters. The monoisotopic (exact) mass is 278 g/mol. The minimum Gasteiger partial charge on any atom is -0.396 e. The minimum atomic E-state index is 0.0109. The molecule has 4 heterocycles. The highest BCUT2D eigenvalue weighted by atomic mass is 16.5. The molecule has 3 saturated heterocycles. The molecule has 20 heavy (non-hydrogen) atoms. The Morgan fingerprint density at radius 1 is 1.45 bits per heavy atom. The van der Waals surface area contributed by atoms with Crippen LogP contribution in [0.25, 0.3) is 0 Å². The molecule has 0 saturated carbocycles. The molecular weight excluding hydrogens is 256 g/mol. The average Bonchev–Trinajstić information content (AvgIpc) is 3.13. The first-order valence-electron chi connectivity index (χ1n) is 7.56. The second-order valence-electron chi connectivity index (χ2n) is 6.69. The van der Waals surface area contributed by atoms with Crippen molar-refractivity contribution in [2.75, 3.05) is 19.7 Å². The maximum atomic E-state index is 9.64. The van der Waals surface area contributed by atoms with Gasteiger partial charge in [-0.25, -0.2) is 0 Å². The lowest BCUT2D eigenvalue weighted by molar-refractivity contribution is 0.000331. The SMILES string of the molecule is Cc1noc(C)c1CN1C[C@H]2[C@@H](CO)[C@@H]3CC[C@@]2(C1)O3. The van der Waals surface area contributed by atoms with Crippen molar-refractivity contribution in [2.24, 2.45) is 11.8 Å². The van der Waals surface area contributed by atoms with Crippen molar-refractivity contribution in [3.8, 4) is 0 Å². The van der Waals surface area contributed by atoms with E-state index in [1.807, 2.05) is 13.8 Å². The van der Waals surface area contributed by atoms with E-state index in [4.69, 9.17) is 9.26 Å². The molecule has 0 amide bonds.